The summed E-state index contributed by atoms with van der Waals surface area (Å²) in [6.45, 7) is 5.91. The lowest BCUT2D eigenvalue weighted by molar-refractivity contribution is 0.0641. The van der Waals surface area contributed by atoms with Gasteiger partial charge in [0.25, 0.3) is 5.91 Å². The van der Waals surface area contributed by atoms with Crippen LogP contribution in [-0.4, -0.2) is 49.7 Å². The van der Waals surface area contributed by atoms with Crippen molar-refractivity contribution in [1.29, 1.82) is 0 Å². The van der Waals surface area contributed by atoms with Crippen molar-refractivity contribution in [2.24, 2.45) is 0 Å². The number of carbonyl (C=O) groups excluding carboxylic acids is 1. The Morgan fingerprint density at radius 2 is 2.04 bits per heavy atom. The van der Waals surface area contributed by atoms with Gasteiger partial charge in [-0.1, -0.05) is 6.92 Å². The van der Waals surface area contributed by atoms with Crippen molar-refractivity contribution in [2.45, 2.75) is 32.2 Å². The van der Waals surface area contributed by atoms with E-state index in [0.29, 0.717) is 36.3 Å². The van der Waals surface area contributed by atoms with Crippen LogP contribution in [0.4, 0.5) is 0 Å². The molecule has 2 aliphatic heterocycles. The summed E-state index contributed by atoms with van der Waals surface area (Å²) in [6, 6.07) is 3.97. The van der Waals surface area contributed by atoms with E-state index < -0.39 is 0 Å². The van der Waals surface area contributed by atoms with Crippen LogP contribution in [0.5, 0.6) is 11.5 Å². The number of hydrogen-bond acceptors (Lipinski definition) is 4. The molecule has 0 atom stereocenters. The second-order valence-corrected chi connectivity index (χ2v) is 6.82. The number of hydrogen-bond donors (Lipinski definition) is 1. The van der Waals surface area contributed by atoms with Crippen LogP contribution < -0.4 is 14.8 Å². The molecule has 1 fully saturated rings. The van der Waals surface area contributed by atoms with Gasteiger partial charge in [-0.2, -0.15) is 0 Å². The maximum Gasteiger partial charge on any atom is 0.254 e. The van der Waals surface area contributed by atoms with E-state index in [1.54, 1.807) is 0 Å². The lowest BCUT2D eigenvalue weighted by Crippen LogP contribution is -2.46. The van der Waals surface area contributed by atoms with Gasteiger partial charge in [-0.25, -0.2) is 0 Å². The van der Waals surface area contributed by atoms with Gasteiger partial charge in [0.2, 0.25) is 0 Å². The SMILES string of the molecule is CCCN(C(=O)c1cc(Br)c2c(c1)OCCO2)C1CCNCC1. The molecular weight excluding hydrogens is 360 g/mol. The highest BCUT2D eigenvalue weighted by Crippen LogP contribution is 2.39. The summed E-state index contributed by atoms with van der Waals surface area (Å²) in [5.74, 6) is 1.42. The lowest BCUT2D eigenvalue weighted by Gasteiger charge is -2.35. The van der Waals surface area contributed by atoms with Gasteiger partial charge >= 0.3 is 0 Å². The van der Waals surface area contributed by atoms with Gasteiger partial charge in [0.15, 0.2) is 11.5 Å². The molecular formula is C17H23BrN2O3. The number of piperidine rings is 1. The largest absolute Gasteiger partial charge is 0.486 e. The number of benzene rings is 1. The van der Waals surface area contributed by atoms with E-state index in [1.807, 2.05) is 17.0 Å². The van der Waals surface area contributed by atoms with Crippen LogP contribution >= 0.6 is 15.9 Å². The molecule has 1 aromatic carbocycles. The predicted octanol–water partition coefficient (Wildman–Crippen LogP) is 2.82. The average molecular weight is 383 g/mol. The van der Waals surface area contributed by atoms with Crippen molar-refractivity contribution in [2.75, 3.05) is 32.8 Å². The van der Waals surface area contributed by atoms with Crippen LogP contribution in [0.3, 0.4) is 0 Å². The summed E-state index contributed by atoms with van der Waals surface area (Å²) in [5.41, 5.74) is 0.660. The molecule has 126 valence electrons. The summed E-state index contributed by atoms with van der Waals surface area (Å²) < 4.78 is 12.0. The summed E-state index contributed by atoms with van der Waals surface area (Å²) in [4.78, 5) is 15.1. The fraction of sp³-hybridized carbons (Fsp3) is 0.588. The summed E-state index contributed by atoms with van der Waals surface area (Å²) >= 11 is 3.50. The highest BCUT2D eigenvalue weighted by Gasteiger charge is 2.27. The maximum atomic E-state index is 13.1. The van der Waals surface area contributed by atoms with Crippen LogP contribution in [0, 0.1) is 0 Å². The lowest BCUT2D eigenvalue weighted by atomic mass is 10.0. The smallest absolute Gasteiger partial charge is 0.254 e. The minimum Gasteiger partial charge on any atom is -0.486 e. The standard InChI is InChI=1S/C17H23BrN2O3/c1-2-7-20(13-3-5-19-6-4-13)17(21)12-10-14(18)16-15(11-12)22-8-9-23-16/h10-11,13,19H,2-9H2,1H3. The van der Waals surface area contributed by atoms with E-state index >= 15 is 0 Å². The molecule has 5 nitrogen and oxygen atoms in total. The Morgan fingerprint density at radius 3 is 2.78 bits per heavy atom. The minimum absolute atomic E-state index is 0.0800. The Morgan fingerprint density at radius 1 is 1.30 bits per heavy atom. The Balaban J connectivity index is 1.86. The van der Waals surface area contributed by atoms with Crippen molar-refractivity contribution in [3.63, 3.8) is 0 Å². The Kier molecular flexibility index (Phi) is 5.43. The Labute approximate surface area is 145 Å². The number of halogens is 1. The van der Waals surface area contributed by atoms with Crippen LogP contribution in [0.1, 0.15) is 36.5 Å². The molecule has 1 amide bonds. The minimum atomic E-state index is 0.0800. The van der Waals surface area contributed by atoms with Gasteiger partial charge in [0.05, 0.1) is 4.47 Å². The van der Waals surface area contributed by atoms with Gasteiger partial charge in [-0.15, -0.1) is 0 Å². The quantitative estimate of drug-likeness (QED) is 0.869. The van der Waals surface area contributed by atoms with Crippen molar-refractivity contribution < 1.29 is 14.3 Å². The number of carbonyl (C=O) groups is 1. The van der Waals surface area contributed by atoms with Gasteiger partial charge < -0.3 is 19.7 Å². The first-order valence-corrected chi connectivity index (χ1v) is 9.11. The predicted molar refractivity (Wildman–Crippen MR) is 92.4 cm³/mol. The molecule has 23 heavy (non-hydrogen) atoms. The fourth-order valence-corrected chi connectivity index (χ4v) is 3.77. The summed E-state index contributed by atoms with van der Waals surface area (Å²) in [6.07, 6.45) is 2.98. The molecule has 0 radical (unpaired) electrons. The molecule has 1 N–H and O–H groups in total. The maximum absolute atomic E-state index is 13.1. The van der Waals surface area contributed by atoms with E-state index in [1.165, 1.54) is 0 Å². The summed E-state index contributed by atoms with van der Waals surface area (Å²) in [5, 5.41) is 3.36. The van der Waals surface area contributed by atoms with Crippen LogP contribution in [0.15, 0.2) is 16.6 Å². The van der Waals surface area contributed by atoms with Gasteiger partial charge in [-0.05, 0) is 60.4 Å². The van der Waals surface area contributed by atoms with E-state index in [-0.39, 0.29) is 5.91 Å². The molecule has 0 aliphatic carbocycles. The zero-order chi connectivity index (χ0) is 16.2. The second-order valence-electron chi connectivity index (χ2n) is 5.96. The third kappa shape index (κ3) is 3.63. The van der Waals surface area contributed by atoms with Crippen LogP contribution in [-0.2, 0) is 0 Å². The van der Waals surface area contributed by atoms with Gasteiger partial charge in [-0.3, -0.25) is 4.79 Å². The van der Waals surface area contributed by atoms with Crippen molar-refractivity contribution in [3.05, 3.63) is 22.2 Å². The third-order valence-electron chi connectivity index (χ3n) is 4.32. The first-order chi connectivity index (χ1) is 11.2. The van der Waals surface area contributed by atoms with Gasteiger partial charge in [0, 0.05) is 18.2 Å². The highest BCUT2D eigenvalue weighted by atomic mass is 79.9. The van der Waals surface area contributed by atoms with E-state index in [2.05, 4.69) is 28.2 Å². The second kappa shape index (κ2) is 7.53. The van der Waals surface area contributed by atoms with E-state index in [4.69, 9.17) is 9.47 Å². The molecule has 1 saturated heterocycles. The third-order valence-corrected chi connectivity index (χ3v) is 4.91. The normalized spacial score (nSPS) is 17.8. The number of rotatable bonds is 4. The molecule has 0 aromatic heterocycles. The zero-order valence-corrected chi connectivity index (χ0v) is 15.0. The molecule has 2 heterocycles. The number of nitrogens with one attached hydrogen (secondary N) is 1. The first-order valence-electron chi connectivity index (χ1n) is 8.31. The average Bonchev–Trinajstić information content (AvgIpc) is 2.60. The van der Waals surface area contributed by atoms with E-state index in [0.717, 1.165) is 43.4 Å². The van der Waals surface area contributed by atoms with Crippen molar-refractivity contribution in [3.8, 4) is 11.5 Å². The monoisotopic (exact) mass is 382 g/mol. The Hall–Kier alpha value is -1.27. The fourth-order valence-electron chi connectivity index (χ4n) is 3.21. The van der Waals surface area contributed by atoms with Gasteiger partial charge in [0.1, 0.15) is 13.2 Å². The molecule has 0 unspecified atom stereocenters. The highest BCUT2D eigenvalue weighted by molar-refractivity contribution is 9.10. The molecule has 0 saturated carbocycles. The molecule has 2 aliphatic rings. The zero-order valence-electron chi connectivity index (χ0n) is 13.4. The molecule has 0 spiro atoms. The molecule has 1 aromatic rings. The molecule has 0 bridgehead atoms. The Bertz CT molecular complexity index is 573. The topological polar surface area (TPSA) is 50.8 Å². The number of amides is 1. The number of nitrogens with zero attached hydrogens (tertiary/aromatic N) is 1. The van der Waals surface area contributed by atoms with Crippen molar-refractivity contribution >= 4 is 21.8 Å². The molecule has 3 rings (SSSR count). The first kappa shape index (κ1) is 16.6. The van der Waals surface area contributed by atoms with E-state index in [9.17, 15) is 4.79 Å². The number of ether oxygens (including phenoxy) is 2. The molecule has 6 heteroatoms. The summed E-state index contributed by atoms with van der Waals surface area (Å²) in [7, 11) is 0. The van der Waals surface area contributed by atoms with Crippen LogP contribution in [0.2, 0.25) is 0 Å². The van der Waals surface area contributed by atoms with Crippen LogP contribution in [0.25, 0.3) is 0 Å². The van der Waals surface area contributed by atoms with Crippen molar-refractivity contribution in [1.82, 2.24) is 10.2 Å². The number of fused-ring (bicyclic) bond motifs is 1.